The van der Waals surface area contributed by atoms with Gasteiger partial charge in [-0.2, -0.15) is 0 Å². The molecular formula is C28H23N7O. The largest absolute Gasteiger partial charge is 0.371 e. The minimum atomic E-state index is -0.388. The van der Waals surface area contributed by atoms with Crippen molar-refractivity contribution < 1.29 is 0 Å². The SMILES string of the molecule is [C-]#[N+]c1cnc(N)nc1N[C@@H](C)c1cc2cccc(-c3cncc(C)c3)c2c(=O)n1-c1ccccc1. The monoisotopic (exact) mass is 473 g/mol. The Morgan fingerprint density at radius 2 is 1.86 bits per heavy atom. The second-order valence-corrected chi connectivity index (χ2v) is 8.51. The second kappa shape index (κ2) is 9.31. The van der Waals surface area contributed by atoms with Crippen LogP contribution in [0.3, 0.4) is 0 Å². The number of pyridine rings is 2. The highest BCUT2D eigenvalue weighted by Gasteiger charge is 2.20. The third kappa shape index (κ3) is 4.14. The van der Waals surface area contributed by atoms with Crippen molar-refractivity contribution >= 4 is 28.2 Å². The molecular weight excluding hydrogens is 450 g/mol. The molecule has 0 saturated heterocycles. The van der Waals surface area contributed by atoms with Crippen LogP contribution in [0.4, 0.5) is 17.5 Å². The molecule has 1 atom stereocenters. The van der Waals surface area contributed by atoms with Gasteiger partial charge >= 0.3 is 0 Å². The third-order valence-electron chi connectivity index (χ3n) is 5.98. The number of hydrogen-bond acceptors (Lipinski definition) is 6. The van der Waals surface area contributed by atoms with E-state index >= 15 is 0 Å². The van der Waals surface area contributed by atoms with Gasteiger partial charge in [-0.25, -0.2) is 14.8 Å². The van der Waals surface area contributed by atoms with Gasteiger partial charge in [0.15, 0.2) is 0 Å². The van der Waals surface area contributed by atoms with Gasteiger partial charge in [0.25, 0.3) is 5.56 Å². The van der Waals surface area contributed by atoms with Crippen LogP contribution in [0.1, 0.15) is 24.2 Å². The van der Waals surface area contributed by atoms with Crippen molar-refractivity contribution in [3.05, 3.63) is 112 Å². The number of rotatable bonds is 5. The number of nitrogens with two attached hydrogens (primary N) is 1. The highest BCUT2D eigenvalue weighted by molar-refractivity contribution is 5.96. The fraction of sp³-hybridized carbons (Fsp3) is 0.107. The van der Waals surface area contributed by atoms with Crippen LogP contribution in [0.15, 0.2) is 84.0 Å². The number of fused-ring (bicyclic) bond motifs is 1. The summed E-state index contributed by atoms with van der Waals surface area (Å²) in [6.07, 6.45) is 4.95. The molecule has 5 rings (SSSR count). The van der Waals surface area contributed by atoms with E-state index in [0.29, 0.717) is 16.9 Å². The summed E-state index contributed by atoms with van der Waals surface area (Å²) in [5.41, 5.74) is 10.0. The van der Waals surface area contributed by atoms with Crippen LogP contribution in [0, 0.1) is 13.5 Å². The van der Waals surface area contributed by atoms with Crippen LogP contribution in [-0.2, 0) is 0 Å². The number of nitrogen functional groups attached to an aromatic ring is 1. The Morgan fingerprint density at radius 1 is 1.06 bits per heavy atom. The molecule has 8 nitrogen and oxygen atoms in total. The molecule has 36 heavy (non-hydrogen) atoms. The first kappa shape index (κ1) is 22.7. The Balaban J connectivity index is 1.75. The molecule has 3 aromatic heterocycles. The summed E-state index contributed by atoms with van der Waals surface area (Å²) in [7, 11) is 0. The van der Waals surface area contributed by atoms with Crippen molar-refractivity contribution in [2.24, 2.45) is 0 Å². The number of nitrogens with zero attached hydrogens (tertiary/aromatic N) is 5. The van der Waals surface area contributed by atoms with Crippen LogP contribution in [0.2, 0.25) is 0 Å². The lowest BCUT2D eigenvalue weighted by Gasteiger charge is -2.22. The van der Waals surface area contributed by atoms with E-state index in [9.17, 15) is 4.79 Å². The molecule has 176 valence electrons. The fourth-order valence-electron chi connectivity index (χ4n) is 4.34. The molecule has 0 aliphatic rings. The van der Waals surface area contributed by atoms with Crippen molar-refractivity contribution in [1.82, 2.24) is 19.5 Å². The molecule has 3 N–H and O–H groups in total. The Kier molecular flexibility index (Phi) is 5.88. The number of anilines is 2. The van der Waals surface area contributed by atoms with Crippen molar-refractivity contribution in [2.75, 3.05) is 11.1 Å². The number of aromatic nitrogens is 4. The first-order valence-corrected chi connectivity index (χ1v) is 11.4. The molecule has 2 aromatic carbocycles. The third-order valence-corrected chi connectivity index (χ3v) is 5.98. The molecule has 0 bridgehead atoms. The van der Waals surface area contributed by atoms with Gasteiger partial charge in [0.2, 0.25) is 11.6 Å². The van der Waals surface area contributed by atoms with Crippen LogP contribution >= 0.6 is 0 Å². The maximum Gasteiger partial charge on any atom is 0.263 e. The molecule has 0 aliphatic carbocycles. The normalized spacial score (nSPS) is 11.7. The lowest BCUT2D eigenvalue weighted by atomic mass is 9.98. The highest BCUT2D eigenvalue weighted by atomic mass is 16.1. The van der Waals surface area contributed by atoms with Gasteiger partial charge in [-0.1, -0.05) is 36.4 Å². The van der Waals surface area contributed by atoms with E-state index in [0.717, 1.165) is 27.8 Å². The highest BCUT2D eigenvalue weighted by Crippen LogP contribution is 2.31. The Bertz CT molecular complexity index is 1690. The number of hydrogen-bond donors (Lipinski definition) is 2. The van der Waals surface area contributed by atoms with Gasteiger partial charge in [-0.3, -0.25) is 14.3 Å². The summed E-state index contributed by atoms with van der Waals surface area (Å²) >= 11 is 0. The van der Waals surface area contributed by atoms with Gasteiger partial charge < -0.3 is 11.1 Å². The number of aryl methyl sites for hydroxylation is 1. The van der Waals surface area contributed by atoms with Gasteiger partial charge in [-0.15, -0.1) is 0 Å². The van der Waals surface area contributed by atoms with Crippen LogP contribution in [-0.4, -0.2) is 19.5 Å². The molecule has 5 aromatic rings. The van der Waals surface area contributed by atoms with Crippen molar-refractivity contribution in [1.29, 1.82) is 0 Å². The molecule has 3 heterocycles. The van der Waals surface area contributed by atoms with Crippen LogP contribution in [0.5, 0.6) is 0 Å². The minimum absolute atomic E-state index is 0.0625. The molecule has 0 aliphatic heterocycles. The average Bonchev–Trinajstić information content (AvgIpc) is 2.89. The lowest BCUT2D eigenvalue weighted by Crippen LogP contribution is -2.26. The quantitative estimate of drug-likeness (QED) is 0.329. The molecule has 0 unspecified atom stereocenters. The molecule has 0 saturated carbocycles. The fourth-order valence-corrected chi connectivity index (χ4v) is 4.34. The topological polar surface area (TPSA) is 103 Å². The number of benzene rings is 2. The second-order valence-electron chi connectivity index (χ2n) is 8.51. The van der Waals surface area contributed by atoms with Gasteiger partial charge in [0, 0.05) is 35.5 Å². The van der Waals surface area contributed by atoms with E-state index in [-0.39, 0.29) is 23.2 Å². The molecule has 0 amide bonds. The summed E-state index contributed by atoms with van der Waals surface area (Å²) in [5.74, 6) is 0.379. The smallest absolute Gasteiger partial charge is 0.263 e. The zero-order valence-corrected chi connectivity index (χ0v) is 19.8. The minimum Gasteiger partial charge on any atom is -0.371 e. The first-order chi connectivity index (χ1) is 17.5. The van der Waals surface area contributed by atoms with Gasteiger partial charge in [-0.05, 0) is 54.6 Å². The summed E-state index contributed by atoms with van der Waals surface area (Å²) in [6, 6.07) is 18.9. The first-order valence-electron chi connectivity index (χ1n) is 11.4. The Hall–Kier alpha value is -5.03. The summed E-state index contributed by atoms with van der Waals surface area (Å²) < 4.78 is 1.70. The van der Waals surface area contributed by atoms with Gasteiger partial charge in [0.1, 0.15) is 5.82 Å². The number of para-hydroxylation sites is 1. The predicted molar refractivity (Wildman–Crippen MR) is 142 cm³/mol. The maximum absolute atomic E-state index is 14.2. The maximum atomic E-state index is 14.2. The van der Waals surface area contributed by atoms with E-state index in [1.165, 1.54) is 6.20 Å². The molecule has 0 radical (unpaired) electrons. The van der Waals surface area contributed by atoms with Crippen LogP contribution < -0.4 is 16.6 Å². The number of nitrogens with one attached hydrogen (secondary N) is 1. The molecule has 0 fully saturated rings. The standard InChI is InChI=1S/C28H23N7O/c1-17-12-20(15-31-14-17)22-11-7-8-19-13-24(18(2)33-26-23(30-3)16-32-28(29)34-26)35(27(36)25(19)22)21-9-5-4-6-10-21/h4-16,18H,1-2H3,(H3,29,32,33,34)/t18-/m0/s1. The van der Waals surface area contributed by atoms with E-state index in [2.05, 4.69) is 25.1 Å². The summed E-state index contributed by atoms with van der Waals surface area (Å²) in [5, 5.41) is 4.68. The van der Waals surface area contributed by atoms with E-state index in [1.54, 1.807) is 17.0 Å². The van der Waals surface area contributed by atoms with Crippen LogP contribution in [0.25, 0.3) is 32.4 Å². The molecule has 8 heteroatoms. The Morgan fingerprint density at radius 3 is 2.61 bits per heavy atom. The van der Waals surface area contributed by atoms with Crippen molar-refractivity contribution in [2.45, 2.75) is 19.9 Å². The zero-order valence-electron chi connectivity index (χ0n) is 19.8. The van der Waals surface area contributed by atoms with Gasteiger partial charge in [0.05, 0.1) is 18.0 Å². The molecule has 0 spiro atoms. The Labute approximate surface area is 207 Å². The zero-order chi connectivity index (χ0) is 25.2. The average molecular weight is 474 g/mol. The van der Waals surface area contributed by atoms with E-state index < -0.39 is 0 Å². The summed E-state index contributed by atoms with van der Waals surface area (Å²) in [4.78, 5) is 30.1. The van der Waals surface area contributed by atoms with E-state index in [4.69, 9.17) is 12.3 Å². The van der Waals surface area contributed by atoms with Crippen molar-refractivity contribution in [3.63, 3.8) is 0 Å². The summed E-state index contributed by atoms with van der Waals surface area (Å²) in [6.45, 7) is 11.3. The van der Waals surface area contributed by atoms with E-state index in [1.807, 2.05) is 74.5 Å². The lowest BCUT2D eigenvalue weighted by molar-refractivity contribution is 0.774. The van der Waals surface area contributed by atoms with Crippen molar-refractivity contribution in [3.8, 4) is 16.8 Å². The predicted octanol–water partition coefficient (Wildman–Crippen LogP) is 5.46.